The predicted molar refractivity (Wildman–Crippen MR) is 54.6 cm³/mol. The maximum absolute atomic E-state index is 12.4. The molecule has 0 aliphatic rings. The van der Waals surface area contributed by atoms with Gasteiger partial charge in [0.05, 0.1) is 12.2 Å². The van der Waals surface area contributed by atoms with Gasteiger partial charge in [-0.25, -0.2) is 4.98 Å². The monoisotopic (exact) mass is 251 g/mol. The first-order chi connectivity index (χ1) is 7.43. The number of alkyl halides is 3. The van der Waals surface area contributed by atoms with Crippen molar-refractivity contribution in [2.45, 2.75) is 12.6 Å². The smallest absolute Gasteiger partial charge is 0.416 e. The highest BCUT2D eigenvalue weighted by Crippen LogP contribution is 2.32. The molecule has 0 atom stereocenters. The van der Waals surface area contributed by atoms with Crippen molar-refractivity contribution >= 4 is 11.6 Å². The molecule has 1 aromatic heterocycles. The minimum Gasteiger partial charge on any atom is -0.477 e. The number of aromatic nitrogens is 1. The molecule has 0 fully saturated rings. The van der Waals surface area contributed by atoms with E-state index in [1.165, 1.54) is 0 Å². The summed E-state index contributed by atoms with van der Waals surface area (Å²) in [6.07, 6.45) is -2.34. The minimum absolute atomic E-state index is 0.137. The van der Waals surface area contributed by atoms with E-state index in [-0.39, 0.29) is 17.6 Å². The third kappa shape index (κ3) is 3.73. The second kappa shape index (κ2) is 5.21. The van der Waals surface area contributed by atoms with E-state index in [1.807, 2.05) is 0 Å². The molecule has 0 unspecified atom stereocenters. The summed E-state index contributed by atoms with van der Waals surface area (Å²) in [5.74, 6) is -0.137. The van der Waals surface area contributed by atoms with Crippen LogP contribution in [0.1, 0.15) is 12.0 Å². The van der Waals surface area contributed by atoms with Gasteiger partial charge in [0.2, 0.25) is 5.88 Å². The Morgan fingerprint density at radius 1 is 1.44 bits per heavy atom. The van der Waals surface area contributed by atoms with Crippen LogP contribution in [0.15, 0.2) is 24.8 Å². The van der Waals surface area contributed by atoms with Crippen molar-refractivity contribution in [3.8, 4) is 5.88 Å². The maximum atomic E-state index is 12.4. The normalized spacial score (nSPS) is 11.2. The summed E-state index contributed by atoms with van der Waals surface area (Å²) in [5, 5.41) is -0.247. The molecular weight excluding hydrogens is 243 g/mol. The van der Waals surface area contributed by atoms with Crippen LogP contribution >= 0.6 is 11.6 Å². The highest BCUT2D eigenvalue weighted by atomic mass is 35.5. The summed E-state index contributed by atoms with van der Waals surface area (Å²) >= 11 is 5.46. The van der Waals surface area contributed by atoms with E-state index >= 15 is 0 Å². The fourth-order valence-corrected chi connectivity index (χ4v) is 1.16. The number of ether oxygens (including phenoxy) is 1. The van der Waals surface area contributed by atoms with E-state index in [9.17, 15) is 13.2 Å². The van der Waals surface area contributed by atoms with Crippen molar-refractivity contribution in [3.05, 3.63) is 35.5 Å². The number of rotatable bonds is 4. The van der Waals surface area contributed by atoms with Crippen LogP contribution in [0.25, 0.3) is 0 Å². The SMILES string of the molecule is C=CCCOc1cc(C(F)(F)F)cc(Cl)n1. The molecule has 0 saturated carbocycles. The summed E-state index contributed by atoms with van der Waals surface area (Å²) in [6.45, 7) is 3.68. The molecule has 0 aliphatic carbocycles. The molecule has 0 spiro atoms. The molecule has 0 N–H and O–H groups in total. The molecule has 6 heteroatoms. The van der Waals surface area contributed by atoms with Crippen molar-refractivity contribution in [2.24, 2.45) is 0 Å². The Labute approximate surface area is 95.7 Å². The van der Waals surface area contributed by atoms with Gasteiger partial charge in [-0.1, -0.05) is 17.7 Å². The molecule has 0 bridgehead atoms. The highest BCUT2D eigenvalue weighted by Gasteiger charge is 2.31. The lowest BCUT2D eigenvalue weighted by Crippen LogP contribution is -2.07. The Morgan fingerprint density at radius 3 is 2.69 bits per heavy atom. The molecule has 1 rings (SSSR count). The fourth-order valence-electron chi connectivity index (χ4n) is 0.957. The predicted octanol–water partition coefficient (Wildman–Crippen LogP) is 3.71. The summed E-state index contributed by atoms with van der Waals surface area (Å²) in [4.78, 5) is 3.63. The van der Waals surface area contributed by atoms with Gasteiger partial charge in [-0.3, -0.25) is 0 Å². The summed E-state index contributed by atoms with van der Waals surface area (Å²) < 4.78 is 42.1. The minimum atomic E-state index is -4.46. The van der Waals surface area contributed by atoms with Gasteiger partial charge in [0, 0.05) is 6.07 Å². The van der Waals surface area contributed by atoms with E-state index in [0.29, 0.717) is 6.42 Å². The van der Waals surface area contributed by atoms with Crippen LogP contribution in [-0.4, -0.2) is 11.6 Å². The maximum Gasteiger partial charge on any atom is 0.416 e. The molecule has 16 heavy (non-hydrogen) atoms. The van der Waals surface area contributed by atoms with Gasteiger partial charge in [0.15, 0.2) is 0 Å². The fraction of sp³-hybridized carbons (Fsp3) is 0.300. The molecule has 0 saturated heterocycles. The lowest BCUT2D eigenvalue weighted by atomic mass is 10.2. The Morgan fingerprint density at radius 2 is 2.12 bits per heavy atom. The number of nitrogens with zero attached hydrogens (tertiary/aromatic N) is 1. The first kappa shape index (κ1) is 12.8. The van der Waals surface area contributed by atoms with Crippen molar-refractivity contribution in [3.63, 3.8) is 0 Å². The number of pyridine rings is 1. The Balaban J connectivity index is 2.86. The quantitative estimate of drug-likeness (QED) is 0.462. The molecule has 0 radical (unpaired) electrons. The molecule has 0 amide bonds. The molecule has 1 aromatic rings. The van der Waals surface area contributed by atoms with Crippen LogP contribution in [0.5, 0.6) is 5.88 Å². The van der Waals surface area contributed by atoms with E-state index in [0.717, 1.165) is 12.1 Å². The summed E-state index contributed by atoms with van der Waals surface area (Å²) in [5.41, 5.74) is -0.874. The summed E-state index contributed by atoms with van der Waals surface area (Å²) in [7, 11) is 0. The second-order valence-electron chi connectivity index (χ2n) is 2.94. The highest BCUT2D eigenvalue weighted by molar-refractivity contribution is 6.29. The van der Waals surface area contributed by atoms with Crippen molar-refractivity contribution in [1.29, 1.82) is 0 Å². The van der Waals surface area contributed by atoms with Crippen LogP contribution in [0, 0.1) is 0 Å². The zero-order valence-electron chi connectivity index (χ0n) is 8.22. The standard InChI is InChI=1S/C10H9ClF3NO/c1-2-3-4-16-9-6-7(10(12,13)14)5-8(11)15-9/h2,5-6H,1,3-4H2. The van der Waals surface area contributed by atoms with Gasteiger partial charge in [-0.15, -0.1) is 6.58 Å². The largest absolute Gasteiger partial charge is 0.477 e. The molecule has 88 valence electrons. The van der Waals surface area contributed by atoms with Gasteiger partial charge < -0.3 is 4.74 Å². The van der Waals surface area contributed by atoms with Crippen LogP contribution in [0.3, 0.4) is 0 Å². The average Bonchev–Trinajstić information content (AvgIpc) is 2.16. The van der Waals surface area contributed by atoms with Crippen LogP contribution < -0.4 is 4.74 Å². The van der Waals surface area contributed by atoms with Gasteiger partial charge in [-0.2, -0.15) is 13.2 Å². The molecular formula is C10H9ClF3NO. The zero-order chi connectivity index (χ0) is 12.2. The van der Waals surface area contributed by atoms with Crippen LogP contribution in [0.2, 0.25) is 5.15 Å². The van der Waals surface area contributed by atoms with Crippen LogP contribution in [0.4, 0.5) is 13.2 Å². The van der Waals surface area contributed by atoms with Gasteiger partial charge >= 0.3 is 6.18 Å². The third-order valence-electron chi connectivity index (χ3n) is 1.67. The van der Waals surface area contributed by atoms with E-state index in [4.69, 9.17) is 16.3 Å². The molecule has 0 aromatic carbocycles. The van der Waals surface area contributed by atoms with Crippen molar-refractivity contribution < 1.29 is 17.9 Å². The van der Waals surface area contributed by atoms with Gasteiger partial charge in [-0.05, 0) is 12.5 Å². The first-order valence-corrected chi connectivity index (χ1v) is 4.80. The molecule has 0 aliphatic heterocycles. The van der Waals surface area contributed by atoms with Crippen molar-refractivity contribution in [1.82, 2.24) is 4.98 Å². The Bertz CT molecular complexity index is 379. The molecule has 2 nitrogen and oxygen atoms in total. The van der Waals surface area contributed by atoms with Gasteiger partial charge in [0.1, 0.15) is 5.15 Å². The third-order valence-corrected chi connectivity index (χ3v) is 1.86. The average molecular weight is 252 g/mol. The Hall–Kier alpha value is -1.23. The lowest BCUT2D eigenvalue weighted by Gasteiger charge is -2.09. The van der Waals surface area contributed by atoms with Crippen LogP contribution in [-0.2, 0) is 6.18 Å². The first-order valence-electron chi connectivity index (χ1n) is 4.42. The van der Waals surface area contributed by atoms with Gasteiger partial charge in [0.25, 0.3) is 0 Å². The topological polar surface area (TPSA) is 22.1 Å². The molecule has 1 heterocycles. The lowest BCUT2D eigenvalue weighted by molar-refractivity contribution is -0.137. The Kier molecular flexibility index (Phi) is 4.18. The summed E-state index contributed by atoms with van der Waals surface area (Å²) in [6, 6.07) is 1.57. The zero-order valence-corrected chi connectivity index (χ0v) is 8.98. The number of halogens is 4. The van der Waals surface area contributed by atoms with E-state index in [1.54, 1.807) is 6.08 Å². The second-order valence-corrected chi connectivity index (χ2v) is 3.33. The number of hydrogen-bond donors (Lipinski definition) is 0. The van der Waals surface area contributed by atoms with E-state index in [2.05, 4.69) is 11.6 Å². The van der Waals surface area contributed by atoms with Crippen molar-refractivity contribution in [2.75, 3.05) is 6.61 Å². The number of hydrogen-bond acceptors (Lipinski definition) is 2. The van der Waals surface area contributed by atoms with E-state index < -0.39 is 11.7 Å².